The molecule has 0 amide bonds. The highest BCUT2D eigenvalue weighted by Gasteiger charge is 2.25. The molecule has 1 fully saturated rings. The van der Waals surface area contributed by atoms with Crippen molar-refractivity contribution in [3.8, 4) is 0 Å². The molecule has 1 aliphatic rings. The molecule has 0 bridgehead atoms. The highest BCUT2D eigenvalue weighted by atomic mass is 14.9. The quantitative estimate of drug-likeness (QED) is 0.836. The summed E-state index contributed by atoms with van der Waals surface area (Å²) in [6, 6.07) is 11.0. The Balaban J connectivity index is 2.01. The molecule has 0 aromatic heterocycles. The molecule has 2 rings (SSSR count). The maximum Gasteiger partial charge on any atom is -0.00462 e. The second-order valence-corrected chi connectivity index (χ2v) is 5.69. The Kier molecular flexibility index (Phi) is 4.61. The van der Waals surface area contributed by atoms with E-state index in [1.807, 2.05) is 0 Å². The standard InChI is InChI=1S/C16H25N/c1-13(2)16(15-8-10-17-11-9-15)12-14-6-4-3-5-7-14/h3-7,13,15-17H,8-12H2,1-2H3. The van der Waals surface area contributed by atoms with Gasteiger partial charge in [0.25, 0.3) is 0 Å². The van der Waals surface area contributed by atoms with Gasteiger partial charge in [-0.3, -0.25) is 0 Å². The summed E-state index contributed by atoms with van der Waals surface area (Å²) in [6.07, 6.45) is 3.97. The minimum atomic E-state index is 0.790. The van der Waals surface area contributed by atoms with Crippen molar-refractivity contribution < 1.29 is 0 Å². The third-order valence-corrected chi connectivity index (χ3v) is 4.16. The third kappa shape index (κ3) is 3.57. The number of benzene rings is 1. The van der Waals surface area contributed by atoms with E-state index >= 15 is 0 Å². The Hall–Kier alpha value is -0.820. The summed E-state index contributed by atoms with van der Waals surface area (Å²) in [4.78, 5) is 0. The van der Waals surface area contributed by atoms with Crippen molar-refractivity contribution in [1.29, 1.82) is 0 Å². The van der Waals surface area contributed by atoms with Crippen molar-refractivity contribution in [2.24, 2.45) is 17.8 Å². The van der Waals surface area contributed by atoms with Crippen molar-refractivity contribution in [3.05, 3.63) is 35.9 Å². The van der Waals surface area contributed by atoms with Crippen LogP contribution in [0.25, 0.3) is 0 Å². The average molecular weight is 231 g/mol. The first kappa shape index (κ1) is 12.6. The third-order valence-electron chi connectivity index (χ3n) is 4.16. The zero-order valence-corrected chi connectivity index (χ0v) is 11.2. The van der Waals surface area contributed by atoms with Crippen LogP contribution in [0.5, 0.6) is 0 Å². The maximum absolute atomic E-state index is 3.47. The van der Waals surface area contributed by atoms with E-state index in [4.69, 9.17) is 0 Å². The topological polar surface area (TPSA) is 12.0 Å². The number of piperidine rings is 1. The van der Waals surface area contributed by atoms with Gasteiger partial charge in [0.15, 0.2) is 0 Å². The molecule has 1 unspecified atom stereocenters. The van der Waals surface area contributed by atoms with Gasteiger partial charge in [-0.05, 0) is 55.7 Å². The van der Waals surface area contributed by atoms with Crippen LogP contribution in [-0.4, -0.2) is 13.1 Å². The van der Waals surface area contributed by atoms with Crippen LogP contribution >= 0.6 is 0 Å². The van der Waals surface area contributed by atoms with Gasteiger partial charge < -0.3 is 5.32 Å². The summed E-state index contributed by atoms with van der Waals surface area (Å²) in [6.45, 7) is 7.19. The molecule has 1 heteroatoms. The normalized spacial score (nSPS) is 19.5. The maximum atomic E-state index is 3.47. The van der Waals surface area contributed by atoms with Crippen LogP contribution in [0.2, 0.25) is 0 Å². The Morgan fingerprint density at radius 1 is 1.12 bits per heavy atom. The predicted octanol–water partition coefficient (Wildman–Crippen LogP) is 3.50. The zero-order chi connectivity index (χ0) is 12.1. The van der Waals surface area contributed by atoms with Gasteiger partial charge in [0.05, 0.1) is 0 Å². The molecular formula is C16H25N. The fraction of sp³-hybridized carbons (Fsp3) is 0.625. The van der Waals surface area contributed by atoms with E-state index in [0.717, 1.165) is 17.8 Å². The van der Waals surface area contributed by atoms with Crippen LogP contribution in [0.1, 0.15) is 32.3 Å². The first-order chi connectivity index (χ1) is 8.27. The molecule has 0 spiro atoms. The lowest BCUT2D eigenvalue weighted by molar-refractivity contribution is 0.203. The fourth-order valence-corrected chi connectivity index (χ4v) is 3.11. The van der Waals surface area contributed by atoms with Crippen LogP contribution in [0.4, 0.5) is 0 Å². The van der Waals surface area contributed by atoms with Crippen LogP contribution in [-0.2, 0) is 6.42 Å². The molecule has 1 aromatic rings. The first-order valence-corrected chi connectivity index (χ1v) is 7.02. The van der Waals surface area contributed by atoms with Gasteiger partial charge in [-0.1, -0.05) is 44.2 Å². The van der Waals surface area contributed by atoms with E-state index in [0.29, 0.717) is 0 Å². The number of hydrogen-bond acceptors (Lipinski definition) is 1. The Labute approximate surface area is 106 Å². The minimum absolute atomic E-state index is 0.790. The molecule has 0 radical (unpaired) electrons. The van der Waals surface area contributed by atoms with E-state index in [1.165, 1.54) is 37.9 Å². The fourth-order valence-electron chi connectivity index (χ4n) is 3.11. The molecule has 1 atom stereocenters. The lowest BCUT2D eigenvalue weighted by atomic mass is 9.75. The van der Waals surface area contributed by atoms with Gasteiger partial charge in [0.1, 0.15) is 0 Å². The summed E-state index contributed by atoms with van der Waals surface area (Å²) >= 11 is 0. The molecular weight excluding hydrogens is 206 g/mol. The average Bonchev–Trinajstić information content (AvgIpc) is 2.38. The summed E-state index contributed by atoms with van der Waals surface area (Å²) in [5.41, 5.74) is 1.50. The van der Waals surface area contributed by atoms with Crippen molar-refractivity contribution in [3.63, 3.8) is 0 Å². The van der Waals surface area contributed by atoms with E-state index in [-0.39, 0.29) is 0 Å². The molecule has 1 nitrogen and oxygen atoms in total. The summed E-state index contributed by atoms with van der Waals surface area (Å²) in [5, 5.41) is 3.47. The first-order valence-electron chi connectivity index (χ1n) is 7.02. The van der Waals surface area contributed by atoms with Gasteiger partial charge in [0, 0.05) is 0 Å². The second-order valence-electron chi connectivity index (χ2n) is 5.69. The van der Waals surface area contributed by atoms with Crippen molar-refractivity contribution in [2.45, 2.75) is 33.1 Å². The van der Waals surface area contributed by atoms with E-state index < -0.39 is 0 Å². The van der Waals surface area contributed by atoms with Gasteiger partial charge in [-0.15, -0.1) is 0 Å². The Morgan fingerprint density at radius 3 is 2.35 bits per heavy atom. The lowest BCUT2D eigenvalue weighted by Gasteiger charge is -2.33. The molecule has 1 N–H and O–H groups in total. The van der Waals surface area contributed by atoms with Crippen molar-refractivity contribution in [2.75, 3.05) is 13.1 Å². The summed E-state index contributed by atoms with van der Waals surface area (Å²) < 4.78 is 0. The molecule has 0 aliphatic carbocycles. The highest BCUT2D eigenvalue weighted by Crippen LogP contribution is 2.31. The molecule has 1 aliphatic heterocycles. The largest absolute Gasteiger partial charge is 0.317 e. The van der Waals surface area contributed by atoms with E-state index in [2.05, 4.69) is 49.5 Å². The number of rotatable bonds is 4. The van der Waals surface area contributed by atoms with Crippen LogP contribution < -0.4 is 5.32 Å². The highest BCUT2D eigenvalue weighted by molar-refractivity contribution is 5.15. The van der Waals surface area contributed by atoms with E-state index in [9.17, 15) is 0 Å². The van der Waals surface area contributed by atoms with Crippen molar-refractivity contribution in [1.82, 2.24) is 5.32 Å². The molecule has 0 saturated carbocycles. The smallest absolute Gasteiger partial charge is 0.00462 e. The van der Waals surface area contributed by atoms with Gasteiger partial charge in [-0.25, -0.2) is 0 Å². The molecule has 94 valence electrons. The SMILES string of the molecule is CC(C)C(Cc1ccccc1)C1CCNCC1. The molecule has 1 saturated heterocycles. The van der Waals surface area contributed by atoms with Gasteiger partial charge in [0.2, 0.25) is 0 Å². The Bertz CT molecular complexity index is 312. The van der Waals surface area contributed by atoms with Gasteiger partial charge in [-0.2, -0.15) is 0 Å². The van der Waals surface area contributed by atoms with Crippen LogP contribution in [0.15, 0.2) is 30.3 Å². The second kappa shape index (κ2) is 6.20. The monoisotopic (exact) mass is 231 g/mol. The predicted molar refractivity (Wildman–Crippen MR) is 74.1 cm³/mol. The molecule has 17 heavy (non-hydrogen) atoms. The van der Waals surface area contributed by atoms with Gasteiger partial charge >= 0.3 is 0 Å². The molecule has 1 heterocycles. The van der Waals surface area contributed by atoms with Crippen molar-refractivity contribution >= 4 is 0 Å². The lowest BCUT2D eigenvalue weighted by Crippen LogP contribution is -2.34. The molecule has 1 aromatic carbocycles. The van der Waals surface area contributed by atoms with E-state index in [1.54, 1.807) is 0 Å². The summed E-state index contributed by atoms with van der Waals surface area (Å²) in [7, 11) is 0. The summed E-state index contributed by atoms with van der Waals surface area (Å²) in [5.74, 6) is 2.55. The van der Waals surface area contributed by atoms with Crippen LogP contribution in [0, 0.1) is 17.8 Å². The number of hydrogen-bond donors (Lipinski definition) is 1. The number of nitrogens with one attached hydrogen (secondary N) is 1. The Morgan fingerprint density at radius 2 is 1.76 bits per heavy atom. The van der Waals surface area contributed by atoms with Crippen LogP contribution in [0.3, 0.4) is 0 Å². The minimum Gasteiger partial charge on any atom is -0.317 e. The zero-order valence-electron chi connectivity index (χ0n) is 11.2.